The molecular formula is C15H17NO. The van der Waals surface area contributed by atoms with Gasteiger partial charge in [-0.25, -0.2) is 0 Å². The predicted molar refractivity (Wildman–Crippen MR) is 71.1 cm³/mol. The van der Waals surface area contributed by atoms with Crippen LogP contribution < -0.4 is 0 Å². The Bertz CT molecular complexity index is 538. The summed E-state index contributed by atoms with van der Waals surface area (Å²) in [6, 6.07) is 7.88. The van der Waals surface area contributed by atoms with Crippen LogP contribution in [0, 0.1) is 6.92 Å². The van der Waals surface area contributed by atoms with E-state index in [0.717, 1.165) is 28.0 Å². The second-order valence-corrected chi connectivity index (χ2v) is 4.54. The third kappa shape index (κ3) is 2.41. The van der Waals surface area contributed by atoms with E-state index in [1.54, 1.807) is 0 Å². The van der Waals surface area contributed by atoms with Crippen molar-refractivity contribution >= 4 is 0 Å². The van der Waals surface area contributed by atoms with Crippen molar-refractivity contribution in [3.63, 3.8) is 0 Å². The molecule has 0 fully saturated rings. The van der Waals surface area contributed by atoms with E-state index in [1.807, 2.05) is 44.3 Å². The molecule has 0 amide bonds. The molecule has 0 aliphatic rings. The Morgan fingerprint density at radius 1 is 1.41 bits per heavy atom. The van der Waals surface area contributed by atoms with Gasteiger partial charge in [0.1, 0.15) is 5.75 Å². The summed E-state index contributed by atoms with van der Waals surface area (Å²) in [5, 5.41) is 10.3. The number of aromatic hydroxyl groups is 1. The number of rotatable bonds is 3. The summed E-state index contributed by atoms with van der Waals surface area (Å²) in [7, 11) is 0. The third-order valence-corrected chi connectivity index (χ3v) is 2.71. The summed E-state index contributed by atoms with van der Waals surface area (Å²) in [5.41, 5.74) is 4.91. The molecule has 2 heteroatoms. The molecule has 1 aromatic heterocycles. The molecule has 1 aromatic carbocycles. The summed E-state index contributed by atoms with van der Waals surface area (Å²) in [5.74, 6) is 0.348. The monoisotopic (exact) mass is 227 g/mol. The number of aryl methyl sites for hydroxylation is 1. The Morgan fingerprint density at radius 3 is 2.76 bits per heavy atom. The summed E-state index contributed by atoms with van der Waals surface area (Å²) in [6.45, 7) is 7.90. The van der Waals surface area contributed by atoms with Gasteiger partial charge in [-0.1, -0.05) is 18.2 Å². The van der Waals surface area contributed by atoms with E-state index in [-0.39, 0.29) is 0 Å². The van der Waals surface area contributed by atoms with Crippen molar-refractivity contribution in [2.24, 2.45) is 0 Å². The zero-order valence-electron chi connectivity index (χ0n) is 10.2. The first-order chi connectivity index (χ1) is 8.08. The van der Waals surface area contributed by atoms with Crippen LogP contribution in [0.5, 0.6) is 5.75 Å². The van der Waals surface area contributed by atoms with Gasteiger partial charge in [-0.2, -0.15) is 0 Å². The van der Waals surface area contributed by atoms with Gasteiger partial charge < -0.3 is 10.1 Å². The van der Waals surface area contributed by atoms with Crippen LogP contribution in [-0.2, 0) is 6.42 Å². The molecule has 0 aliphatic heterocycles. The summed E-state index contributed by atoms with van der Waals surface area (Å²) >= 11 is 0. The number of hydrogen-bond acceptors (Lipinski definition) is 1. The summed E-state index contributed by atoms with van der Waals surface area (Å²) < 4.78 is 0. The van der Waals surface area contributed by atoms with Gasteiger partial charge in [-0.05, 0) is 49.6 Å². The van der Waals surface area contributed by atoms with Gasteiger partial charge in [0.15, 0.2) is 0 Å². The maximum absolute atomic E-state index is 10.3. The van der Waals surface area contributed by atoms with Crippen LogP contribution in [-0.4, -0.2) is 10.1 Å². The minimum absolute atomic E-state index is 0.348. The van der Waals surface area contributed by atoms with Crippen molar-refractivity contribution in [3.05, 3.63) is 53.7 Å². The van der Waals surface area contributed by atoms with Crippen molar-refractivity contribution in [3.8, 4) is 17.0 Å². The molecule has 2 N–H and O–H groups in total. The Morgan fingerprint density at radius 2 is 2.18 bits per heavy atom. The number of benzene rings is 1. The highest BCUT2D eigenvalue weighted by molar-refractivity contribution is 5.70. The fourth-order valence-corrected chi connectivity index (χ4v) is 2.02. The van der Waals surface area contributed by atoms with Crippen LogP contribution in [0.4, 0.5) is 0 Å². The van der Waals surface area contributed by atoms with Gasteiger partial charge in [-0.15, -0.1) is 0 Å². The molecule has 0 aliphatic carbocycles. The summed E-state index contributed by atoms with van der Waals surface area (Å²) in [4.78, 5) is 3.12. The third-order valence-electron chi connectivity index (χ3n) is 2.71. The minimum Gasteiger partial charge on any atom is -0.507 e. The van der Waals surface area contributed by atoms with Crippen molar-refractivity contribution in [1.82, 2.24) is 4.98 Å². The molecule has 0 saturated heterocycles. The molecule has 1 heterocycles. The lowest BCUT2D eigenvalue weighted by Crippen LogP contribution is -1.91. The fourth-order valence-electron chi connectivity index (χ4n) is 2.02. The van der Waals surface area contributed by atoms with Crippen LogP contribution in [0.1, 0.15) is 18.1 Å². The van der Waals surface area contributed by atoms with Crippen LogP contribution >= 0.6 is 0 Å². The van der Waals surface area contributed by atoms with E-state index in [0.29, 0.717) is 12.2 Å². The quantitative estimate of drug-likeness (QED) is 0.768. The highest BCUT2D eigenvalue weighted by Gasteiger charge is 2.11. The zero-order chi connectivity index (χ0) is 12.4. The number of phenolic OH excluding ortho intramolecular Hbond substituents is 1. The Kier molecular flexibility index (Phi) is 3.05. The van der Waals surface area contributed by atoms with E-state index in [9.17, 15) is 5.11 Å². The molecule has 0 bridgehead atoms. The van der Waals surface area contributed by atoms with Crippen molar-refractivity contribution < 1.29 is 5.11 Å². The number of allylic oxidation sites excluding steroid dienone is 1. The lowest BCUT2D eigenvalue weighted by atomic mass is 9.98. The average molecular weight is 227 g/mol. The number of aromatic amines is 1. The van der Waals surface area contributed by atoms with Crippen LogP contribution in [0.25, 0.3) is 11.3 Å². The van der Waals surface area contributed by atoms with Crippen LogP contribution in [0.2, 0.25) is 0 Å². The van der Waals surface area contributed by atoms with Crippen molar-refractivity contribution in [2.75, 3.05) is 0 Å². The lowest BCUT2D eigenvalue weighted by molar-refractivity contribution is 0.471. The maximum Gasteiger partial charge on any atom is 0.128 e. The SMILES string of the molecule is C=C(C)Cc1cc(C)cc(-c2ccc[nH]2)c1O. The van der Waals surface area contributed by atoms with E-state index in [2.05, 4.69) is 11.6 Å². The van der Waals surface area contributed by atoms with Gasteiger partial charge >= 0.3 is 0 Å². The van der Waals surface area contributed by atoms with E-state index >= 15 is 0 Å². The first kappa shape index (κ1) is 11.5. The minimum atomic E-state index is 0.348. The summed E-state index contributed by atoms with van der Waals surface area (Å²) in [6.07, 6.45) is 2.57. The van der Waals surface area contributed by atoms with Gasteiger partial charge in [0, 0.05) is 17.5 Å². The van der Waals surface area contributed by atoms with Gasteiger partial charge in [0.05, 0.1) is 0 Å². The van der Waals surface area contributed by atoms with Gasteiger partial charge in [-0.3, -0.25) is 0 Å². The largest absolute Gasteiger partial charge is 0.507 e. The number of phenols is 1. The molecule has 0 spiro atoms. The van der Waals surface area contributed by atoms with E-state index in [1.165, 1.54) is 0 Å². The molecule has 17 heavy (non-hydrogen) atoms. The molecule has 2 aromatic rings. The Labute approximate surface area is 102 Å². The average Bonchev–Trinajstić information content (AvgIpc) is 2.75. The molecule has 0 unspecified atom stereocenters. The van der Waals surface area contributed by atoms with E-state index in [4.69, 9.17) is 0 Å². The van der Waals surface area contributed by atoms with Crippen molar-refractivity contribution in [1.29, 1.82) is 0 Å². The highest BCUT2D eigenvalue weighted by atomic mass is 16.3. The van der Waals surface area contributed by atoms with E-state index < -0.39 is 0 Å². The number of hydrogen-bond donors (Lipinski definition) is 2. The normalized spacial score (nSPS) is 10.5. The maximum atomic E-state index is 10.3. The topological polar surface area (TPSA) is 36.0 Å². The van der Waals surface area contributed by atoms with Crippen molar-refractivity contribution in [2.45, 2.75) is 20.3 Å². The molecule has 0 radical (unpaired) electrons. The molecule has 2 nitrogen and oxygen atoms in total. The molecule has 0 atom stereocenters. The Balaban J connectivity index is 2.53. The van der Waals surface area contributed by atoms with Gasteiger partial charge in [0.2, 0.25) is 0 Å². The number of H-pyrrole nitrogens is 1. The van der Waals surface area contributed by atoms with Gasteiger partial charge in [0.25, 0.3) is 0 Å². The smallest absolute Gasteiger partial charge is 0.128 e. The number of aromatic nitrogens is 1. The molecule has 0 saturated carbocycles. The second-order valence-electron chi connectivity index (χ2n) is 4.54. The zero-order valence-corrected chi connectivity index (χ0v) is 10.2. The molecule has 88 valence electrons. The highest BCUT2D eigenvalue weighted by Crippen LogP contribution is 2.33. The predicted octanol–water partition coefficient (Wildman–Crippen LogP) is 3.81. The second kappa shape index (κ2) is 4.50. The number of nitrogens with one attached hydrogen (secondary N) is 1. The first-order valence-corrected chi connectivity index (χ1v) is 5.68. The lowest BCUT2D eigenvalue weighted by Gasteiger charge is -2.10. The fraction of sp³-hybridized carbons (Fsp3) is 0.200. The Hall–Kier alpha value is -1.96. The van der Waals surface area contributed by atoms with Crippen LogP contribution in [0.15, 0.2) is 42.6 Å². The standard InChI is InChI=1S/C15H17NO/c1-10(2)7-12-8-11(3)9-13(15(12)17)14-5-4-6-16-14/h4-6,8-9,16-17H,1,7H2,2-3H3. The molecular weight excluding hydrogens is 210 g/mol. The first-order valence-electron chi connectivity index (χ1n) is 5.68. The van der Waals surface area contributed by atoms with Crippen LogP contribution in [0.3, 0.4) is 0 Å². The molecule has 2 rings (SSSR count).